The molecule has 1 saturated heterocycles. The molecule has 1 heterocycles. The zero-order valence-electron chi connectivity index (χ0n) is 10.2. The van der Waals surface area contributed by atoms with Gasteiger partial charge in [-0.15, -0.1) is 0 Å². The minimum atomic E-state index is -0.788. The summed E-state index contributed by atoms with van der Waals surface area (Å²) < 4.78 is 17.8. The van der Waals surface area contributed by atoms with Crippen LogP contribution in [0.2, 0.25) is 0 Å². The molecule has 0 aliphatic carbocycles. The Balaban J connectivity index is 2.58. The minimum Gasteiger partial charge on any atom is -0.377 e. The fourth-order valence-electron chi connectivity index (χ4n) is 2.23. The van der Waals surface area contributed by atoms with Gasteiger partial charge in [0.1, 0.15) is 0 Å². The summed E-state index contributed by atoms with van der Waals surface area (Å²) in [5, 5.41) is 3.66. The lowest BCUT2D eigenvalue weighted by Gasteiger charge is -2.25. The molecule has 1 N–H and O–H groups in total. The molecule has 15 heavy (non-hydrogen) atoms. The van der Waals surface area contributed by atoms with Crippen molar-refractivity contribution >= 4 is 10.8 Å². The van der Waals surface area contributed by atoms with Crippen LogP contribution in [-0.2, 0) is 15.5 Å². The van der Waals surface area contributed by atoms with Crippen LogP contribution in [0.4, 0.5) is 0 Å². The smallest absolute Gasteiger partial charge is 0.0691 e. The highest BCUT2D eigenvalue weighted by Gasteiger charge is 2.34. The highest BCUT2D eigenvalue weighted by Crippen LogP contribution is 2.22. The average molecular weight is 233 g/mol. The third-order valence-corrected chi connectivity index (χ3v) is 5.63. The first-order chi connectivity index (χ1) is 7.11. The average Bonchev–Trinajstić information content (AvgIpc) is 2.65. The van der Waals surface area contributed by atoms with Gasteiger partial charge in [-0.2, -0.15) is 0 Å². The van der Waals surface area contributed by atoms with Gasteiger partial charge in [-0.1, -0.05) is 6.92 Å². The quantitative estimate of drug-likeness (QED) is 0.778. The summed E-state index contributed by atoms with van der Waals surface area (Å²) >= 11 is 0. The summed E-state index contributed by atoms with van der Waals surface area (Å²) in [4.78, 5) is 0. The molecule has 0 bridgehead atoms. The molecule has 1 fully saturated rings. The molecule has 0 amide bonds. The Morgan fingerprint density at radius 1 is 1.60 bits per heavy atom. The summed E-state index contributed by atoms with van der Waals surface area (Å²) in [6, 6.07) is 0.346. The molecular weight excluding hydrogens is 210 g/mol. The summed E-state index contributed by atoms with van der Waals surface area (Å²) in [7, 11) is 1.15. The van der Waals surface area contributed by atoms with E-state index >= 15 is 0 Å². The monoisotopic (exact) mass is 233 g/mol. The third-order valence-electron chi connectivity index (χ3n) is 3.35. The molecule has 0 radical (unpaired) electrons. The van der Waals surface area contributed by atoms with Gasteiger partial charge in [-0.05, 0) is 33.7 Å². The molecule has 3 nitrogen and oxygen atoms in total. The van der Waals surface area contributed by atoms with Gasteiger partial charge in [-0.25, -0.2) is 0 Å². The van der Waals surface area contributed by atoms with Crippen molar-refractivity contribution in [1.29, 1.82) is 0 Å². The van der Waals surface area contributed by atoms with Gasteiger partial charge in [0.25, 0.3) is 0 Å². The topological polar surface area (TPSA) is 38.3 Å². The van der Waals surface area contributed by atoms with E-state index in [0.717, 1.165) is 19.4 Å². The molecule has 90 valence electrons. The molecule has 0 spiro atoms. The molecule has 1 aliphatic heterocycles. The lowest BCUT2D eigenvalue weighted by molar-refractivity contribution is 0.126. The largest absolute Gasteiger partial charge is 0.377 e. The van der Waals surface area contributed by atoms with Crippen LogP contribution >= 0.6 is 0 Å². The second kappa shape index (κ2) is 5.97. The number of rotatable bonds is 5. The van der Waals surface area contributed by atoms with Crippen molar-refractivity contribution in [3.8, 4) is 0 Å². The van der Waals surface area contributed by atoms with Crippen LogP contribution in [0.1, 0.15) is 33.6 Å². The third kappa shape index (κ3) is 3.02. The van der Waals surface area contributed by atoms with Crippen molar-refractivity contribution in [2.75, 3.05) is 13.7 Å². The lowest BCUT2D eigenvalue weighted by Crippen LogP contribution is -2.42. The van der Waals surface area contributed by atoms with Crippen molar-refractivity contribution < 1.29 is 8.95 Å². The highest BCUT2D eigenvalue weighted by atomic mass is 32.2. The Hall–Kier alpha value is 0.0700. The lowest BCUT2D eigenvalue weighted by atomic mass is 10.2. The molecule has 4 heteroatoms. The molecule has 0 aromatic rings. The summed E-state index contributed by atoms with van der Waals surface area (Å²) in [5.74, 6) is 0. The zero-order valence-corrected chi connectivity index (χ0v) is 11.0. The molecule has 0 aromatic carbocycles. The highest BCUT2D eigenvalue weighted by molar-refractivity contribution is 7.86. The Labute approximate surface area is 95.4 Å². The number of ether oxygens (including phenoxy) is 1. The van der Waals surface area contributed by atoms with Crippen molar-refractivity contribution in [2.24, 2.45) is 0 Å². The van der Waals surface area contributed by atoms with Crippen LogP contribution in [0.5, 0.6) is 0 Å². The van der Waals surface area contributed by atoms with E-state index in [2.05, 4.69) is 19.2 Å². The van der Waals surface area contributed by atoms with Gasteiger partial charge in [0.05, 0.1) is 11.4 Å². The van der Waals surface area contributed by atoms with Gasteiger partial charge in [0.15, 0.2) is 0 Å². The second-order valence-corrected chi connectivity index (χ2v) is 6.25. The van der Waals surface area contributed by atoms with Crippen LogP contribution in [0.3, 0.4) is 0 Å². The minimum absolute atomic E-state index is 0.155. The zero-order chi connectivity index (χ0) is 11.4. The van der Waals surface area contributed by atoms with Crippen LogP contribution in [0.25, 0.3) is 0 Å². The van der Waals surface area contributed by atoms with Crippen LogP contribution in [0, 0.1) is 0 Å². The second-order valence-electron chi connectivity index (χ2n) is 4.24. The first kappa shape index (κ1) is 13.1. The Morgan fingerprint density at radius 3 is 2.67 bits per heavy atom. The molecular formula is C11H23NO2S. The summed E-state index contributed by atoms with van der Waals surface area (Å²) in [6.45, 7) is 7.00. The molecule has 5 atom stereocenters. The van der Waals surface area contributed by atoms with Crippen molar-refractivity contribution in [3.05, 3.63) is 0 Å². The van der Waals surface area contributed by atoms with Crippen molar-refractivity contribution in [2.45, 2.75) is 56.3 Å². The van der Waals surface area contributed by atoms with Gasteiger partial charge >= 0.3 is 0 Å². The summed E-state index contributed by atoms with van der Waals surface area (Å²) in [5.41, 5.74) is 0. The predicted molar refractivity (Wildman–Crippen MR) is 64.6 cm³/mol. The van der Waals surface area contributed by atoms with Crippen LogP contribution in [0.15, 0.2) is 0 Å². The van der Waals surface area contributed by atoms with Gasteiger partial charge < -0.3 is 10.1 Å². The standard InChI is InChI=1S/C11H23NO2S/c1-5-10(12-4)9(3)15(13)11-6-7-14-8(11)2/h8-12H,5-7H2,1-4H3. The van der Waals surface area contributed by atoms with E-state index in [1.165, 1.54) is 0 Å². The van der Waals surface area contributed by atoms with Crippen molar-refractivity contribution in [3.63, 3.8) is 0 Å². The Bertz CT molecular complexity index is 219. The maximum absolute atomic E-state index is 12.3. The molecule has 5 unspecified atom stereocenters. The van der Waals surface area contributed by atoms with Gasteiger partial charge in [0, 0.05) is 28.7 Å². The van der Waals surface area contributed by atoms with E-state index in [-0.39, 0.29) is 16.6 Å². The number of hydrogen-bond acceptors (Lipinski definition) is 3. The molecule has 0 saturated carbocycles. The normalized spacial score (nSPS) is 32.5. The molecule has 0 aromatic heterocycles. The Morgan fingerprint density at radius 2 is 2.27 bits per heavy atom. The van der Waals surface area contributed by atoms with Crippen LogP contribution in [-0.4, -0.2) is 40.5 Å². The van der Waals surface area contributed by atoms with Crippen LogP contribution < -0.4 is 5.32 Å². The first-order valence-electron chi connectivity index (χ1n) is 5.80. The Kier molecular flexibility index (Phi) is 5.23. The fraction of sp³-hybridized carbons (Fsp3) is 1.00. The number of hydrogen-bond donors (Lipinski definition) is 1. The van der Waals surface area contributed by atoms with E-state index in [1.807, 2.05) is 14.0 Å². The van der Waals surface area contributed by atoms with E-state index in [9.17, 15) is 4.21 Å². The molecule has 1 aliphatic rings. The van der Waals surface area contributed by atoms with Gasteiger partial charge in [0.2, 0.25) is 0 Å². The number of nitrogens with one attached hydrogen (secondary N) is 1. The van der Waals surface area contributed by atoms with E-state index in [1.54, 1.807) is 0 Å². The van der Waals surface area contributed by atoms with E-state index in [0.29, 0.717) is 6.04 Å². The van der Waals surface area contributed by atoms with E-state index in [4.69, 9.17) is 4.74 Å². The fourth-order valence-corrected chi connectivity index (χ4v) is 4.21. The summed E-state index contributed by atoms with van der Waals surface area (Å²) in [6.07, 6.45) is 2.12. The maximum atomic E-state index is 12.3. The first-order valence-corrected chi connectivity index (χ1v) is 7.07. The maximum Gasteiger partial charge on any atom is 0.0691 e. The predicted octanol–water partition coefficient (Wildman–Crippen LogP) is 1.30. The van der Waals surface area contributed by atoms with Crippen molar-refractivity contribution in [1.82, 2.24) is 5.32 Å². The SMILES string of the molecule is CCC(NC)C(C)S(=O)C1CCOC1C. The van der Waals surface area contributed by atoms with Gasteiger partial charge in [-0.3, -0.25) is 4.21 Å². The molecule has 1 rings (SSSR count). The van der Waals surface area contributed by atoms with E-state index < -0.39 is 10.8 Å².